The Morgan fingerprint density at radius 1 is 1.05 bits per heavy atom. The average molecular weight is 290 g/mol. The van der Waals surface area contributed by atoms with Gasteiger partial charge in [0.2, 0.25) is 10.0 Å². The third kappa shape index (κ3) is 3.37. The molecule has 0 aliphatic rings. The van der Waals surface area contributed by atoms with Crippen LogP contribution >= 0.6 is 0 Å². The molecule has 0 saturated heterocycles. The van der Waals surface area contributed by atoms with Gasteiger partial charge in [-0.3, -0.25) is 0 Å². The Balaban J connectivity index is 2.19. The molecule has 0 atom stereocenters. The highest BCUT2D eigenvalue weighted by molar-refractivity contribution is 7.89. The Morgan fingerprint density at radius 3 is 2.35 bits per heavy atom. The zero-order valence-corrected chi connectivity index (χ0v) is 12.4. The number of anilines is 1. The monoisotopic (exact) mass is 290 g/mol. The second-order valence-corrected chi connectivity index (χ2v) is 6.57. The lowest BCUT2D eigenvalue weighted by molar-refractivity contribution is 0.580. The predicted molar refractivity (Wildman–Crippen MR) is 80.8 cm³/mol. The van der Waals surface area contributed by atoms with Crippen molar-refractivity contribution in [1.82, 2.24) is 4.72 Å². The van der Waals surface area contributed by atoms with Crippen LogP contribution in [0.1, 0.15) is 16.7 Å². The van der Waals surface area contributed by atoms with Gasteiger partial charge >= 0.3 is 0 Å². The standard InChI is InChI=1S/C15H18N2O2S/c1-11-3-4-12(2)15(9-11)20(18,19)17-10-13-5-7-14(16)8-6-13/h3-9,17H,10,16H2,1-2H3. The first kappa shape index (κ1) is 14.6. The smallest absolute Gasteiger partial charge is 0.241 e. The number of benzene rings is 2. The summed E-state index contributed by atoms with van der Waals surface area (Å²) in [4.78, 5) is 0.327. The molecule has 5 heteroatoms. The molecule has 4 nitrogen and oxygen atoms in total. The first-order valence-electron chi connectivity index (χ1n) is 6.30. The van der Waals surface area contributed by atoms with Crippen molar-refractivity contribution in [3.05, 3.63) is 59.2 Å². The van der Waals surface area contributed by atoms with Crippen LogP contribution in [0, 0.1) is 13.8 Å². The summed E-state index contributed by atoms with van der Waals surface area (Å²) in [6.07, 6.45) is 0. The molecule has 0 aromatic heterocycles. The van der Waals surface area contributed by atoms with Gasteiger partial charge in [0.1, 0.15) is 0 Å². The van der Waals surface area contributed by atoms with E-state index < -0.39 is 10.0 Å². The number of nitrogens with two attached hydrogens (primary N) is 1. The van der Waals surface area contributed by atoms with Crippen molar-refractivity contribution in [3.8, 4) is 0 Å². The van der Waals surface area contributed by atoms with Gasteiger partial charge in [0.05, 0.1) is 4.90 Å². The molecule has 0 aliphatic carbocycles. The fourth-order valence-corrected chi connectivity index (χ4v) is 3.23. The molecule has 0 aliphatic heterocycles. The second kappa shape index (κ2) is 5.64. The van der Waals surface area contributed by atoms with E-state index in [-0.39, 0.29) is 6.54 Å². The van der Waals surface area contributed by atoms with Gasteiger partial charge in [0.25, 0.3) is 0 Å². The number of sulfonamides is 1. The van der Waals surface area contributed by atoms with Crippen LogP contribution in [0.5, 0.6) is 0 Å². The van der Waals surface area contributed by atoms with Crippen LogP contribution in [0.2, 0.25) is 0 Å². The van der Waals surface area contributed by atoms with Crippen LogP contribution in [-0.4, -0.2) is 8.42 Å². The van der Waals surface area contributed by atoms with Gasteiger partial charge in [-0.15, -0.1) is 0 Å². The zero-order chi connectivity index (χ0) is 14.8. The molecule has 2 aromatic carbocycles. The summed E-state index contributed by atoms with van der Waals surface area (Å²) in [5, 5.41) is 0. The van der Waals surface area contributed by atoms with E-state index in [4.69, 9.17) is 5.73 Å². The van der Waals surface area contributed by atoms with E-state index >= 15 is 0 Å². The van der Waals surface area contributed by atoms with Crippen molar-refractivity contribution in [3.63, 3.8) is 0 Å². The van der Waals surface area contributed by atoms with Crippen molar-refractivity contribution >= 4 is 15.7 Å². The first-order valence-corrected chi connectivity index (χ1v) is 7.78. The molecule has 3 N–H and O–H groups in total. The Morgan fingerprint density at radius 2 is 1.70 bits per heavy atom. The quantitative estimate of drug-likeness (QED) is 0.849. The predicted octanol–water partition coefficient (Wildman–Crippen LogP) is 2.36. The number of rotatable bonds is 4. The molecular weight excluding hydrogens is 272 g/mol. The van der Waals surface area contributed by atoms with Crippen molar-refractivity contribution in [2.24, 2.45) is 0 Å². The maximum atomic E-state index is 12.3. The molecule has 0 saturated carbocycles. The van der Waals surface area contributed by atoms with E-state index in [1.54, 1.807) is 37.3 Å². The van der Waals surface area contributed by atoms with Crippen molar-refractivity contribution in [2.75, 3.05) is 5.73 Å². The Bertz CT molecular complexity index is 707. The molecule has 0 unspecified atom stereocenters. The highest BCUT2D eigenvalue weighted by Crippen LogP contribution is 2.17. The van der Waals surface area contributed by atoms with Crippen LogP contribution in [0.25, 0.3) is 0 Å². The third-order valence-corrected chi connectivity index (χ3v) is 4.62. The first-order chi connectivity index (χ1) is 9.38. The SMILES string of the molecule is Cc1ccc(C)c(S(=O)(=O)NCc2ccc(N)cc2)c1. The zero-order valence-electron chi connectivity index (χ0n) is 11.6. The van der Waals surface area contributed by atoms with E-state index in [1.807, 2.05) is 19.1 Å². The van der Waals surface area contributed by atoms with Gasteiger partial charge in [0, 0.05) is 12.2 Å². The van der Waals surface area contributed by atoms with Gasteiger partial charge in [0.15, 0.2) is 0 Å². The minimum absolute atomic E-state index is 0.246. The normalized spacial score (nSPS) is 11.5. The molecule has 0 bridgehead atoms. The van der Waals surface area contributed by atoms with Crippen LogP contribution in [0.15, 0.2) is 47.4 Å². The summed E-state index contributed by atoms with van der Waals surface area (Å²) < 4.78 is 27.2. The highest BCUT2D eigenvalue weighted by atomic mass is 32.2. The minimum atomic E-state index is -3.50. The van der Waals surface area contributed by atoms with E-state index in [2.05, 4.69) is 4.72 Å². The summed E-state index contributed by atoms with van der Waals surface area (Å²) in [5.41, 5.74) is 8.78. The topological polar surface area (TPSA) is 72.2 Å². The lowest BCUT2D eigenvalue weighted by Crippen LogP contribution is -2.24. The van der Waals surface area contributed by atoms with Gasteiger partial charge in [-0.25, -0.2) is 13.1 Å². The molecule has 2 rings (SSSR count). The number of aryl methyl sites for hydroxylation is 2. The minimum Gasteiger partial charge on any atom is -0.399 e. The van der Waals surface area contributed by atoms with Crippen molar-refractivity contribution in [1.29, 1.82) is 0 Å². The Labute approximate surface area is 119 Å². The summed E-state index contributed by atoms with van der Waals surface area (Å²) in [6, 6.07) is 12.5. The molecular formula is C15H18N2O2S. The van der Waals surface area contributed by atoms with Crippen LogP contribution in [0.3, 0.4) is 0 Å². The molecule has 20 heavy (non-hydrogen) atoms. The molecule has 0 spiro atoms. The van der Waals surface area contributed by atoms with E-state index in [1.165, 1.54) is 0 Å². The Hall–Kier alpha value is -1.85. The van der Waals surface area contributed by atoms with E-state index in [0.717, 1.165) is 16.7 Å². The largest absolute Gasteiger partial charge is 0.399 e. The van der Waals surface area contributed by atoms with Crippen LogP contribution < -0.4 is 10.5 Å². The van der Waals surface area contributed by atoms with Crippen molar-refractivity contribution in [2.45, 2.75) is 25.3 Å². The molecule has 2 aromatic rings. The molecule has 106 valence electrons. The number of nitrogens with one attached hydrogen (secondary N) is 1. The maximum absolute atomic E-state index is 12.3. The van der Waals surface area contributed by atoms with E-state index in [0.29, 0.717) is 10.6 Å². The lowest BCUT2D eigenvalue weighted by atomic mass is 10.2. The van der Waals surface area contributed by atoms with Crippen LogP contribution in [0.4, 0.5) is 5.69 Å². The molecule has 0 radical (unpaired) electrons. The summed E-state index contributed by atoms with van der Waals surface area (Å²) in [5.74, 6) is 0. The molecule has 0 fully saturated rings. The van der Waals surface area contributed by atoms with Gasteiger partial charge in [-0.2, -0.15) is 0 Å². The fraction of sp³-hybridized carbons (Fsp3) is 0.200. The lowest BCUT2D eigenvalue weighted by Gasteiger charge is -2.10. The van der Waals surface area contributed by atoms with Crippen LogP contribution in [-0.2, 0) is 16.6 Å². The summed E-state index contributed by atoms with van der Waals surface area (Å²) in [7, 11) is -3.50. The summed E-state index contributed by atoms with van der Waals surface area (Å²) >= 11 is 0. The van der Waals surface area contributed by atoms with Crippen molar-refractivity contribution < 1.29 is 8.42 Å². The van der Waals surface area contributed by atoms with Gasteiger partial charge in [-0.05, 0) is 48.7 Å². The van der Waals surface area contributed by atoms with E-state index in [9.17, 15) is 8.42 Å². The van der Waals surface area contributed by atoms with Gasteiger partial charge < -0.3 is 5.73 Å². The maximum Gasteiger partial charge on any atom is 0.241 e. The Kier molecular flexibility index (Phi) is 4.11. The number of hydrogen-bond acceptors (Lipinski definition) is 3. The highest BCUT2D eigenvalue weighted by Gasteiger charge is 2.16. The second-order valence-electron chi connectivity index (χ2n) is 4.84. The molecule has 0 amide bonds. The number of hydrogen-bond donors (Lipinski definition) is 2. The van der Waals surface area contributed by atoms with Gasteiger partial charge in [-0.1, -0.05) is 24.3 Å². The third-order valence-electron chi connectivity index (χ3n) is 3.08. The average Bonchev–Trinajstić information content (AvgIpc) is 2.41. The molecule has 0 heterocycles. The number of nitrogen functional groups attached to an aromatic ring is 1. The fourth-order valence-electron chi connectivity index (χ4n) is 1.89. The summed E-state index contributed by atoms with van der Waals surface area (Å²) in [6.45, 7) is 3.91.